The van der Waals surface area contributed by atoms with Crippen LogP contribution in [0.4, 0.5) is 11.4 Å². The number of hydrogen-bond acceptors (Lipinski definition) is 5. The van der Waals surface area contributed by atoms with Crippen molar-refractivity contribution in [2.45, 2.75) is 18.7 Å². The fourth-order valence-corrected chi connectivity index (χ4v) is 3.97. The van der Waals surface area contributed by atoms with Gasteiger partial charge in [-0.2, -0.15) is 0 Å². The number of methoxy groups -OCH3 is 2. The number of nitrogens with one attached hydrogen (secondary N) is 2. The van der Waals surface area contributed by atoms with Crippen molar-refractivity contribution in [1.29, 1.82) is 0 Å². The molecule has 0 heterocycles. The molecule has 3 aromatic rings. The first-order chi connectivity index (χ1) is 14.7. The number of hydrogen-bond donors (Lipinski definition) is 2. The van der Waals surface area contributed by atoms with Crippen LogP contribution in [0.2, 0.25) is 0 Å². The van der Waals surface area contributed by atoms with Crippen LogP contribution in [0.1, 0.15) is 21.5 Å². The zero-order valence-corrected chi connectivity index (χ0v) is 18.5. The molecule has 0 saturated carbocycles. The molecular formula is C23H24N2O5S. The minimum absolute atomic E-state index is 0.0633. The Bertz CT molecular complexity index is 1210. The Kier molecular flexibility index (Phi) is 6.50. The van der Waals surface area contributed by atoms with Gasteiger partial charge in [0.15, 0.2) is 11.5 Å². The molecule has 162 valence electrons. The molecule has 7 nitrogen and oxygen atoms in total. The van der Waals surface area contributed by atoms with Crippen molar-refractivity contribution in [1.82, 2.24) is 0 Å². The summed E-state index contributed by atoms with van der Waals surface area (Å²) in [7, 11) is -0.736. The summed E-state index contributed by atoms with van der Waals surface area (Å²) in [4.78, 5) is 12.6. The van der Waals surface area contributed by atoms with Gasteiger partial charge >= 0.3 is 0 Å². The SMILES string of the molecule is COc1ccc(NC(=O)c2ccc(S(=O)(=O)Nc3ccc(C)c(C)c3)cc2)cc1OC. The fourth-order valence-electron chi connectivity index (χ4n) is 2.92. The third-order valence-electron chi connectivity index (χ3n) is 4.83. The lowest BCUT2D eigenvalue weighted by Crippen LogP contribution is -2.15. The summed E-state index contributed by atoms with van der Waals surface area (Å²) in [5.74, 6) is 0.656. The van der Waals surface area contributed by atoms with E-state index in [0.717, 1.165) is 11.1 Å². The second-order valence-electron chi connectivity index (χ2n) is 6.95. The Morgan fingerprint density at radius 3 is 2.03 bits per heavy atom. The summed E-state index contributed by atoms with van der Waals surface area (Å²) < 4.78 is 38.3. The molecule has 0 aliphatic heterocycles. The highest BCUT2D eigenvalue weighted by molar-refractivity contribution is 7.92. The largest absolute Gasteiger partial charge is 0.493 e. The molecule has 0 bridgehead atoms. The zero-order valence-electron chi connectivity index (χ0n) is 17.7. The normalized spacial score (nSPS) is 11.0. The third-order valence-corrected chi connectivity index (χ3v) is 6.22. The minimum atomic E-state index is -3.77. The predicted molar refractivity (Wildman–Crippen MR) is 121 cm³/mol. The summed E-state index contributed by atoms with van der Waals surface area (Å²) in [5, 5.41) is 2.75. The lowest BCUT2D eigenvalue weighted by molar-refractivity contribution is 0.102. The van der Waals surface area contributed by atoms with Crippen molar-refractivity contribution in [3.8, 4) is 11.5 Å². The van der Waals surface area contributed by atoms with Crippen molar-refractivity contribution >= 4 is 27.3 Å². The summed E-state index contributed by atoms with van der Waals surface area (Å²) in [5.41, 5.74) is 3.39. The molecule has 0 unspecified atom stereocenters. The van der Waals surface area contributed by atoms with Crippen LogP contribution >= 0.6 is 0 Å². The number of ether oxygens (including phenoxy) is 2. The lowest BCUT2D eigenvalue weighted by atomic mass is 10.1. The molecule has 1 amide bonds. The monoisotopic (exact) mass is 440 g/mol. The smallest absolute Gasteiger partial charge is 0.261 e. The Balaban J connectivity index is 1.74. The minimum Gasteiger partial charge on any atom is -0.493 e. The highest BCUT2D eigenvalue weighted by atomic mass is 32.2. The zero-order chi connectivity index (χ0) is 22.6. The van der Waals surface area contributed by atoms with E-state index in [1.54, 1.807) is 30.3 Å². The molecule has 0 saturated heterocycles. The third kappa shape index (κ3) is 5.16. The summed E-state index contributed by atoms with van der Waals surface area (Å²) in [6.45, 7) is 3.87. The van der Waals surface area contributed by atoms with Crippen LogP contribution in [0.5, 0.6) is 11.5 Å². The molecule has 0 aliphatic carbocycles. The highest BCUT2D eigenvalue weighted by Gasteiger charge is 2.16. The van der Waals surface area contributed by atoms with Gasteiger partial charge in [-0.15, -0.1) is 0 Å². The molecule has 0 spiro atoms. The molecule has 0 radical (unpaired) electrons. The molecule has 0 aromatic heterocycles. The maximum absolute atomic E-state index is 12.7. The number of anilines is 2. The first kappa shape index (κ1) is 22.2. The number of aryl methyl sites for hydroxylation is 2. The number of benzene rings is 3. The van der Waals surface area contributed by atoms with Gasteiger partial charge in [0.2, 0.25) is 0 Å². The van der Waals surface area contributed by atoms with Gasteiger partial charge in [-0.3, -0.25) is 9.52 Å². The molecule has 8 heteroatoms. The van der Waals surface area contributed by atoms with Gasteiger partial charge in [0.25, 0.3) is 15.9 Å². The van der Waals surface area contributed by atoms with Crippen molar-refractivity contribution in [2.24, 2.45) is 0 Å². The first-order valence-electron chi connectivity index (χ1n) is 9.47. The first-order valence-corrected chi connectivity index (χ1v) is 11.0. The van der Waals surface area contributed by atoms with Gasteiger partial charge < -0.3 is 14.8 Å². The summed E-state index contributed by atoms with van der Waals surface area (Å²) in [6, 6.07) is 16.1. The van der Waals surface area contributed by atoms with E-state index in [0.29, 0.717) is 28.4 Å². The summed E-state index contributed by atoms with van der Waals surface area (Å²) >= 11 is 0. The van der Waals surface area contributed by atoms with Crippen LogP contribution in [0.25, 0.3) is 0 Å². The highest BCUT2D eigenvalue weighted by Crippen LogP contribution is 2.30. The molecule has 0 atom stereocenters. The van der Waals surface area contributed by atoms with Gasteiger partial charge in [0, 0.05) is 23.0 Å². The van der Waals surface area contributed by atoms with E-state index < -0.39 is 10.0 Å². The van der Waals surface area contributed by atoms with E-state index in [4.69, 9.17) is 9.47 Å². The average Bonchev–Trinajstić information content (AvgIpc) is 2.76. The van der Waals surface area contributed by atoms with E-state index in [1.807, 2.05) is 19.9 Å². The molecule has 2 N–H and O–H groups in total. The van der Waals surface area contributed by atoms with Crippen LogP contribution in [0.3, 0.4) is 0 Å². The van der Waals surface area contributed by atoms with Crippen LogP contribution in [0.15, 0.2) is 65.6 Å². The predicted octanol–water partition coefficient (Wildman–Crippen LogP) is 4.37. The summed E-state index contributed by atoms with van der Waals surface area (Å²) in [6.07, 6.45) is 0. The molecule has 0 aliphatic rings. The average molecular weight is 441 g/mol. The Morgan fingerprint density at radius 2 is 1.42 bits per heavy atom. The molecule has 3 aromatic carbocycles. The van der Waals surface area contributed by atoms with E-state index in [2.05, 4.69) is 10.0 Å². The van der Waals surface area contributed by atoms with Crippen LogP contribution in [-0.4, -0.2) is 28.5 Å². The van der Waals surface area contributed by atoms with Gasteiger partial charge in [0.1, 0.15) is 0 Å². The number of amides is 1. The fraction of sp³-hybridized carbons (Fsp3) is 0.174. The van der Waals surface area contributed by atoms with Crippen LogP contribution in [0, 0.1) is 13.8 Å². The number of rotatable bonds is 7. The topological polar surface area (TPSA) is 93.7 Å². The molecular weight excluding hydrogens is 416 g/mol. The van der Waals surface area contributed by atoms with Crippen LogP contribution < -0.4 is 19.5 Å². The van der Waals surface area contributed by atoms with E-state index in [1.165, 1.54) is 38.5 Å². The lowest BCUT2D eigenvalue weighted by Gasteiger charge is -2.12. The van der Waals surface area contributed by atoms with E-state index in [9.17, 15) is 13.2 Å². The second kappa shape index (κ2) is 9.09. The van der Waals surface area contributed by atoms with Gasteiger partial charge in [-0.1, -0.05) is 6.07 Å². The van der Waals surface area contributed by atoms with E-state index >= 15 is 0 Å². The van der Waals surface area contributed by atoms with E-state index in [-0.39, 0.29) is 10.8 Å². The molecule has 31 heavy (non-hydrogen) atoms. The number of sulfonamides is 1. The quantitative estimate of drug-likeness (QED) is 0.569. The van der Waals surface area contributed by atoms with Gasteiger partial charge in [0.05, 0.1) is 19.1 Å². The van der Waals surface area contributed by atoms with Crippen LogP contribution in [-0.2, 0) is 10.0 Å². The van der Waals surface area contributed by atoms with Gasteiger partial charge in [-0.25, -0.2) is 8.42 Å². The Hall–Kier alpha value is -3.52. The van der Waals surface area contributed by atoms with Crippen molar-refractivity contribution < 1.29 is 22.7 Å². The second-order valence-corrected chi connectivity index (χ2v) is 8.64. The Morgan fingerprint density at radius 1 is 0.774 bits per heavy atom. The molecule has 0 fully saturated rings. The maximum atomic E-state index is 12.7. The molecule has 3 rings (SSSR count). The number of carbonyl (C=O) groups is 1. The van der Waals surface area contributed by atoms with Crippen molar-refractivity contribution in [3.63, 3.8) is 0 Å². The number of carbonyl (C=O) groups excluding carboxylic acids is 1. The Labute approximate surface area is 182 Å². The van der Waals surface area contributed by atoms with Crippen molar-refractivity contribution in [3.05, 3.63) is 77.4 Å². The van der Waals surface area contributed by atoms with Gasteiger partial charge in [-0.05, 0) is 73.5 Å². The standard InChI is InChI=1S/C23H24N2O5S/c1-15-5-8-19(13-16(15)2)25-31(27,28)20-10-6-17(7-11-20)23(26)24-18-9-12-21(29-3)22(14-18)30-4/h5-14,25H,1-4H3,(H,24,26). The van der Waals surface area contributed by atoms with Crippen molar-refractivity contribution in [2.75, 3.05) is 24.3 Å². The maximum Gasteiger partial charge on any atom is 0.261 e.